The first-order valence-corrected chi connectivity index (χ1v) is 6.67. The van der Waals surface area contributed by atoms with Crippen LogP contribution in [0.25, 0.3) is 0 Å². The number of anilines is 1. The predicted molar refractivity (Wildman–Crippen MR) is 74.7 cm³/mol. The van der Waals surface area contributed by atoms with E-state index in [2.05, 4.69) is 15.3 Å². The smallest absolute Gasteiger partial charge is 0.312 e. The van der Waals surface area contributed by atoms with E-state index < -0.39 is 4.92 Å². The molecular weight excluding hydrogens is 278 g/mol. The first-order valence-electron chi connectivity index (χ1n) is 5.79. The van der Waals surface area contributed by atoms with Crippen LogP contribution in [0.5, 0.6) is 0 Å². The number of nitrogens with one attached hydrogen (secondary N) is 1. The minimum absolute atomic E-state index is 0.164. The van der Waals surface area contributed by atoms with Gasteiger partial charge in [0, 0.05) is 30.6 Å². The summed E-state index contributed by atoms with van der Waals surface area (Å²) in [6.45, 7) is 2.41. The lowest BCUT2D eigenvalue weighted by molar-refractivity contribution is -0.384. The molecule has 0 fully saturated rings. The van der Waals surface area contributed by atoms with E-state index in [4.69, 9.17) is 5.26 Å². The van der Waals surface area contributed by atoms with Gasteiger partial charge in [0.15, 0.2) is 0 Å². The third kappa shape index (κ3) is 3.27. The van der Waals surface area contributed by atoms with E-state index in [1.165, 1.54) is 12.3 Å². The van der Waals surface area contributed by atoms with Crippen LogP contribution < -0.4 is 5.32 Å². The Bertz CT molecular complexity index is 677. The Hall–Kier alpha value is -2.53. The number of nitrogens with zero attached hydrogens (tertiary/aromatic N) is 4. The van der Waals surface area contributed by atoms with Crippen molar-refractivity contribution < 1.29 is 4.92 Å². The number of thiazole rings is 1. The molecule has 2 aromatic rings. The maximum Gasteiger partial charge on any atom is 0.312 e. The third-order valence-corrected chi connectivity index (χ3v) is 3.36. The summed E-state index contributed by atoms with van der Waals surface area (Å²) in [4.78, 5) is 18.6. The summed E-state index contributed by atoms with van der Waals surface area (Å²) in [5, 5.41) is 25.5. The molecule has 0 atom stereocenters. The van der Waals surface area contributed by atoms with Crippen molar-refractivity contribution in [2.45, 2.75) is 13.3 Å². The lowest BCUT2D eigenvalue weighted by Crippen LogP contribution is -2.09. The van der Waals surface area contributed by atoms with Crippen LogP contribution in [0.2, 0.25) is 0 Å². The predicted octanol–water partition coefficient (Wildman–Crippen LogP) is 2.28. The van der Waals surface area contributed by atoms with Crippen LogP contribution in [-0.2, 0) is 6.42 Å². The zero-order chi connectivity index (χ0) is 14.5. The lowest BCUT2D eigenvalue weighted by Gasteiger charge is -2.05. The van der Waals surface area contributed by atoms with Crippen LogP contribution in [-0.4, -0.2) is 21.4 Å². The van der Waals surface area contributed by atoms with Gasteiger partial charge in [-0.3, -0.25) is 10.1 Å². The average molecular weight is 289 g/mol. The molecular formula is C12H11N5O2S. The summed E-state index contributed by atoms with van der Waals surface area (Å²) in [7, 11) is 0. The fourth-order valence-electron chi connectivity index (χ4n) is 1.62. The molecule has 1 N–H and O–H groups in total. The fraction of sp³-hybridized carbons (Fsp3) is 0.250. The van der Waals surface area contributed by atoms with E-state index in [1.54, 1.807) is 11.3 Å². The number of nitro groups is 1. The van der Waals surface area contributed by atoms with Crippen LogP contribution in [0, 0.1) is 28.4 Å². The molecule has 8 heteroatoms. The maximum atomic E-state index is 10.9. The first kappa shape index (κ1) is 13.9. The highest BCUT2D eigenvalue weighted by Gasteiger charge is 2.16. The fourth-order valence-corrected chi connectivity index (χ4v) is 2.27. The quantitative estimate of drug-likeness (QED) is 0.668. The monoisotopic (exact) mass is 289 g/mol. The van der Waals surface area contributed by atoms with Crippen molar-refractivity contribution in [1.82, 2.24) is 9.97 Å². The summed E-state index contributed by atoms with van der Waals surface area (Å²) in [6, 6.07) is 3.04. The summed E-state index contributed by atoms with van der Waals surface area (Å²) in [5.74, 6) is 0.168. The molecule has 0 spiro atoms. The van der Waals surface area contributed by atoms with E-state index >= 15 is 0 Å². The van der Waals surface area contributed by atoms with Gasteiger partial charge in [-0.15, -0.1) is 11.3 Å². The van der Waals surface area contributed by atoms with Crippen molar-refractivity contribution >= 4 is 22.8 Å². The standard InChI is InChI=1S/C12H11N5O2S/c1-8-16-10(7-20-8)2-3-14-12-11(17(18)19)4-9(5-13)6-15-12/h4,6-7H,2-3H2,1H3,(H,14,15). The van der Waals surface area contributed by atoms with E-state index in [0.29, 0.717) is 13.0 Å². The molecule has 2 heterocycles. The highest BCUT2D eigenvalue weighted by molar-refractivity contribution is 7.09. The van der Waals surface area contributed by atoms with Crippen molar-refractivity contribution in [3.05, 3.63) is 44.0 Å². The minimum atomic E-state index is -0.552. The van der Waals surface area contributed by atoms with Gasteiger partial charge >= 0.3 is 5.69 Å². The van der Waals surface area contributed by atoms with Crippen molar-refractivity contribution in [2.75, 3.05) is 11.9 Å². The second kappa shape index (κ2) is 6.08. The first-order chi connectivity index (χ1) is 9.60. The molecule has 2 aromatic heterocycles. The van der Waals surface area contributed by atoms with Crippen LogP contribution >= 0.6 is 11.3 Å². The summed E-state index contributed by atoms with van der Waals surface area (Å²) in [5.41, 5.74) is 0.909. The Morgan fingerprint density at radius 2 is 2.40 bits per heavy atom. The molecule has 0 radical (unpaired) electrons. The number of aryl methyl sites for hydroxylation is 1. The molecule has 0 aliphatic carbocycles. The summed E-state index contributed by atoms with van der Waals surface area (Å²) in [6.07, 6.45) is 1.96. The molecule has 0 unspecified atom stereocenters. The number of nitriles is 1. The van der Waals surface area contributed by atoms with Crippen molar-refractivity contribution in [3.63, 3.8) is 0 Å². The van der Waals surface area contributed by atoms with E-state index in [0.717, 1.165) is 10.7 Å². The van der Waals surface area contributed by atoms with Gasteiger partial charge in [0.2, 0.25) is 5.82 Å². The normalized spacial score (nSPS) is 10.0. The van der Waals surface area contributed by atoms with Gasteiger partial charge in [-0.05, 0) is 6.92 Å². The minimum Gasteiger partial charge on any atom is -0.364 e. The topological polar surface area (TPSA) is 105 Å². The molecule has 0 saturated heterocycles. The largest absolute Gasteiger partial charge is 0.364 e. The number of rotatable bonds is 5. The Kier molecular flexibility index (Phi) is 4.22. The SMILES string of the molecule is Cc1nc(CCNc2ncc(C#N)cc2[N+](=O)[O-])cs1. The molecule has 0 saturated carbocycles. The van der Waals surface area contributed by atoms with Crippen molar-refractivity contribution in [1.29, 1.82) is 5.26 Å². The molecule has 0 bridgehead atoms. The van der Waals surface area contributed by atoms with Crippen molar-refractivity contribution in [2.24, 2.45) is 0 Å². The molecule has 102 valence electrons. The Morgan fingerprint density at radius 3 is 3.00 bits per heavy atom. The van der Waals surface area contributed by atoms with Gasteiger partial charge < -0.3 is 5.32 Å². The molecule has 0 amide bonds. The third-order valence-electron chi connectivity index (χ3n) is 2.53. The maximum absolute atomic E-state index is 10.9. The Balaban J connectivity index is 2.05. The molecule has 20 heavy (non-hydrogen) atoms. The van der Waals surface area contributed by atoms with E-state index in [1.807, 2.05) is 18.4 Å². The number of hydrogen-bond donors (Lipinski definition) is 1. The zero-order valence-corrected chi connectivity index (χ0v) is 11.5. The highest BCUT2D eigenvalue weighted by Crippen LogP contribution is 2.22. The molecule has 0 aliphatic rings. The lowest BCUT2D eigenvalue weighted by atomic mass is 10.2. The average Bonchev–Trinajstić information content (AvgIpc) is 2.84. The molecule has 7 nitrogen and oxygen atoms in total. The number of hydrogen-bond acceptors (Lipinski definition) is 7. The molecule has 0 aliphatic heterocycles. The van der Waals surface area contributed by atoms with Crippen LogP contribution in [0.3, 0.4) is 0 Å². The second-order valence-corrected chi connectivity index (χ2v) is 5.06. The molecule has 0 aromatic carbocycles. The van der Waals surface area contributed by atoms with E-state index in [9.17, 15) is 10.1 Å². The van der Waals surface area contributed by atoms with Crippen molar-refractivity contribution in [3.8, 4) is 6.07 Å². The Labute approximate surface area is 119 Å². The van der Waals surface area contributed by atoms with Gasteiger partial charge in [-0.2, -0.15) is 5.26 Å². The zero-order valence-electron chi connectivity index (χ0n) is 10.7. The van der Waals surface area contributed by atoms with Gasteiger partial charge in [0.1, 0.15) is 6.07 Å². The Morgan fingerprint density at radius 1 is 1.60 bits per heavy atom. The summed E-state index contributed by atoms with van der Waals surface area (Å²) >= 11 is 1.56. The second-order valence-electron chi connectivity index (χ2n) is 4.00. The van der Waals surface area contributed by atoms with Crippen LogP contribution in [0.1, 0.15) is 16.3 Å². The van der Waals surface area contributed by atoms with Crippen LogP contribution in [0.4, 0.5) is 11.5 Å². The summed E-state index contributed by atoms with van der Waals surface area (Å²) < 4.78 is 0. The van der Waals surface area contributed by atoms with Gasteiger partial charge in [0.05, 0.1) is 21.2 Å². The van der Waals surface area contributed by atoms with Crippen LogP contribution in [0.15, 0.2) is 17.6 Å². The van der Waals surface area contributed by atoms with Gasteiger partial charge in [-0.25, -0.2) is 9.97 Å². The number of aromatic nitrogens is 2. The van der Waals surface area contributed by atoms with E-state index in [-0.39, 0.29) is 17.1 Å². The van der Waals surface area contributed by atoms with Gasteiger partial charge in [0.25, 0.3) is 0 Å². The number of pyridine rings is 1. The van der Waals surface area contributed by atoms with Gasteiger partial charge in [-0.1, -0.05) is 0 Å². The molecule has 2 rings (SSSR count). The highest BCUT2D eigenvalue weighted by atomic mass is 32.1.